The first-order chi connectivity index (χ1) is 7.61. The van der Waals surface area contributed by atoms with Crippen LogP contribution in [0.1, 0.15) is 5.56 Å². The van der Waals surface area contributed by atoms with Crippen molar-refractivity contribution in [1.29, 1.82) is 0 Å². The lowest BCUT2D eigenvalue weighted by Gasteiger charge is -2.15. The van der Waals surface area contributed by atoms with Gasteiger partial charge in [0.1, 0.15) is 6.10 Å². The zero-order valence-corrected chi connectivity index (χ0v) is 10.4. The molecule has 1 saturated heterocycles. The number of cyclic esters (lactones) is 1. The fourth-order valence-electron chi connectivity index (χ4n) is 1.74. The number of aliphatic hydroxyl groups excluding tert-OH is 1. The van der Waals surface area contributed by atoms with Crippen molar-refractivity contribution in [2.75, 3.05) is 18.1 Å². The minimum Gasteiger partial charge on any atom is -0.441 e. The van der Waals surface area contributed by atoms with Crippen LogP contribution < -0.4 is 4.90 Å². The predicted molar refractivity (Wildman–Crippen MR) is 63.6 cm³/mol. The van der Waals surface area contributed by atoms with E-state index in [0.29, 0.717) is 6.54 Å². The Labute approximate surface area is 102 Å². The van der Waals surface area contributed by atoms with Gasteiger partial charge in [0.15, 0.2) is 0 Å². The van der Waals surface area contributed by atoms with Gasteiger partial charge in [-0.1, -0.05) is 15.9 Å². The molecular weight excluding hydrogens is 274 g/mol. The van der Waals surface area contributed by atoms with Crippen molar-refractivity contribution in [1.82, 2.24) is 0 Å². The number of amides is 1. The van der Waals surface area contributed by atoms with Crippen LogP contribution in [0.25, 0.3) is 0 Å². The number of nitrogens with zero attached hydrogens (tertiary/aromatic N) is 1. The lowest BCUT2D eigenvalue weighted by atomic mass is 10.2. The van der Waals surface area contributed by atoms with Gasteiger partial charge >= 0.3 is 6.09 Å². The van der Waals surface area contributed by atoms with E-state index < -0.39 is 12.2 Å². The first kappa shape index (κ1) is 11.4. The molecule has 1 aromatic carbocycles. The van der Waals surface area contributed by atoms with Crippen LogP contribution in [0.15, 0.2) is 22.7 Å². The Morgan fingerprint density at radius 2 is 2.38 bits per heavy atom. The molecule has 4 nitrogen and oxygen atoms in total. The van der Waals surface area contributed by atoms with E-state index in [9.17, 15) is 4.79 Å². The summed E-state index contributed by atoms with van der Waals surface area (Å²) in [5.41, 5.74) is 1.81. The molecule has 1 N–H and O–H groups in total. The van der Waals surface area contributed by atoms with Gasteiger partial charge in [-0.15, -0.1) is 0 Å². The highest BCUT2D eigenvalue weighted by molar-refractivity contribution is 9.10. The number of hydrogen-bond donors (Lipinski definition) is 1. The average molecular weight is 286 g/mol. The number of aliphatic hydroxyl groups is 1. The zero-order chi connectivity index (χ0) is 11.7. The van der Waals surface area contributed by atoms with Gasteiger partial charge in [0.25, 0.3) is 0 Å². The number of carbonyl (C=O) groups excluding carboxylic acids is 1. The van der Waals surface area contributed by atoms with Gasteiger partial charge in [0, 0.05) is 4.47 Å². The molecule has 1 amide bonds. The van der Waals surface area contributed by atoms with Crippen molar-refractivity contribution in [3.05, 3.63) is 28.2 Å². The quantitative estimate of drug-likeness (QED) is 0.905. The van der Waals surface area contributed by atoms with Gasteiger partial charge in [-0.05, 0) is 30.7 Å². The minimum absolute atomic E-state index is 0.141. The van der Waals surface area contributed by atoms with E-state index >= 15 is 0 Å². The second kappa shape index (κ2) is 4.43. The number of carbonyl (C=O) groups is 1. The normalized spacial score (nSPS) is 20.1. The highest BCUT2D eigenvalue weighted by Gasteiger charge is 2.32. The highest BCUT2D eigenvalue weighted by atomic mass is 79.9. The number of aryl methyl sites for hydroxylation is 1. The monoisotopic (exact) mass is 285 g/mol. The SMILES string of the molecule is Cc1cc(Br)ccc1N1CC(CO)OC1=O. The lowest BCUT2D eigenvalue weighted by Crippen LogP contribution is -2.26. The maximum atomic E-state index is 11.6. The molecule has 2 rings (SSSR count). The van der Waals surface area contributed by atoms with Gasteiger partial charge in [-0.3, -0.25) is 4.90 Å². The van der Waals surface area contributed by atoms with Crippen LogP contribution in [-0.4, -0.2) is 30.5 Å². The van der Waals surface area contributed by atoms with Crippen molar-refractivity contribution in [2.45, 2.75) is 13.0 Å². The number of hydrogen-bond acceptors (Lipinski definition) is 3. The predicted octanol–water partition coefficient (Wildman–Crippen LogP) is 2.08. The van der Waals surface area contributed by atoms with Gasteiger partial charge in [0.2, 0.25) is 0 Å². The summed E-state index contributed by atoms with van der Waals surface area (Å²) in [6, 6.07) is 5.68. The Kier molecular flexibility index (Phi) is 3.16. The summed E-state index contributed by atoms with van der Waals surface area (Å²) in [5.74, 6) is 0. The van der Waals surface area contributed by atoms with E-state index in [1.807, 2.05) is 25.1 Å². The second-order valence-electron chi connectivity index (χ2n) is 3.73. The molecule has 0 bridgehead atoms. The van der Waals surface area contributed by atoms with Crippen LogP contribution in [-0.2, 0) is 4.74 Å². The van der Waals surface area contributed by atoms with E-state index in [0.717, 1.165) is 15.7 Å². The first-order valence-electron chi connectivity index (χ1n) is 4.97. The molecule has 1 aromatic rings. The Balaban J connectivity index is 2.28. The molecule has 1 aliphatic heterocycles. The molecule has 0 radical (unpaired) electrons. The molecule has 86 valence electrons. The van der Waals surface area contributed by atoms with Crippen LogP contribution in [0.2, 0.25) is 0 Å². The van der Waals surface area contributed by atoms with E-state index in [1.165, 1.54) is 0 Å². The fourth-order valence-corrected chi connectivity index (χ4v) is 2.21. The highest BCUT2D eigenvalue weighted by Crippen LogP contribution is 2.27. The third-order valence-electron chi connectivity index (χ3n) is 2.53. The molecule has 0 spiro atoms. The van der Waals surface area contributed by atoms with Crippen molar-refractivity contribution < 1.29 is 14.6 Å². The van der Waals surface area contributed by atoms with Crippen LogP contribution >= 0.6 is 15.9 Å². The zero-order valence-electron chi connectivity index (χ0n) is 8.81. The summed E-state index contributed by atoms with van der Waals surface area (Å²) in [5, 5.41) is 8.95. The summed E-state index contributed by atoms with van der Waals surface area (Å²) in [7, 11) is 0. The van der Waals surface area contributed by atoms with Crippen molar-refractivity contribution in [2.24, 2.45) is 0 Å². The first-order valence-corrected chi connectivity index (χ1v) is 5.76. The number of anilines is 1. The maximum Gasteiger partial charge on any atom is 0.414 e. The van der Waals surface area contributed by atoms with Gasteiger partial charge < -0.3 is 9.84 Å². The van der Waals surface area contributed by atoms with E-state index in [4.69, 9.17) is 9.84 Å². The maximum absolute atomic E-state index is 11.6. The molecule has 0 saturated carbocycles. The Morgan fingerprint density at radius 1 is 1.62 bits per heavy atom. The second-order valence-corrected chi connectivity index (χ2v) is 4.65. The van der Waals surface area contributed by atoms with Gasteiger partial charge in [0.05, 0.1) is 18.8 Å². The Bertz CT molecular complexity index is 422. The summed E-state index contributed by atoms with van der Waals surface area (Å²) in [6.45, 7) is 2.19. The number of rotatable bonds is 2. The van der Waals surface area contributed by atoms with E-state index in [1.54, 1.807) is 4.90 Å². The number of benzene rings is 1. The summed E-state index contributed by atoms with van der Waals surface area (Å²) in [4.78, 5) is 13.1. The van der Waals surface area contributed by atoms with Crippen LogP contribution in [0.4, 0.5) is 10.5 Å². The number of halogens is 1. The summed E-state index contributed by atoms with van der Waals surface area (Å²) in [6.07, 6.45) is -0.819. The van der Waals surface area contributed by atoms with Crippen molar-refractivity contribution in [3.63, 3.8) is 0 Å². The summed E-state index contributed by atoms with van der Waals surface area (Å²) >= 11 is 3.37. The van der Waals surface area contributed by atoms with Crippen LogP contribution in [0.5, 0.6) is 0 Å². The molecule has 1 atom stereocenters. The lowest BCUT2D eigenvalue weighted by molar-refractivity contribution is 0.0963. The smallest absolute Gasteiger partial charge is 0.414 e. The summed E-state index contributed by atoms with van der Waals surface area (Å²) < 4.78 is 5.96. The minimum atomic E-state index is -0.421. The third kappa shape index (κ3) is 2.05. The van der Waals surface area contributed by atoms with E-state index in [-0.39, 0.29) is 6.61 Å². The fraction of sp³-hybridized carbons (Fsp3) is 0.364. The molecule has 0 aliphatic carbocycles. The standard InChI is InChI=1S/C11H12BrNO3/c1-7-4-8(12)2-3-10(7)13-5-9(6-14)16-11(13)15/h2-4,9,14H,5-6H2,1H3. The van der Waals surface area contributed by atoms with E-state index in [2.05, 4.69) is 15.9 Å². The molecule has 1 unspecified atom stereocenters. The topological polar surface area (TPSA) is 49.8 Å². The van der Waals surface area contributed by atoms with Crippen molar-refractivity contribution in [3.8, 4) is 0 Å². The van der Waals surface area contributed by atoms with Crippen LogP contribution in [0, 0.1) is 6.92 Å². The van der Waals surface area contributed by atoms with Gasteiger partial charge in [-0.25, -0.2) is 4.79 Å². The molecule has 5 heteroatoms. The Morgan fingerprint density at radius 3 is 2.94 bits per heavy atom. The van der Waals surface area contributed by atoms with Crippen molar-refractivity contribution >= 4 is 27.7 Å². The van der Waals surface area contributed by atoms with Crippen LogP contribution in [0.3, 0.4) is 0 Å². The molecule has 1 aliphatic rings. The molecule has 16 heavy (non-hydrogen) atoms. The average Bonchev–Trinajstić information content (AvgIpc) is 2.60. The Hall–Kier alpha value is -1.07. The molecular formula is C11H12BrNO3. The third-order valence-corrected chi connectivity index (χ3v) is 3.02. The largest absolute Gasteiger partial charge is 0.441 e. The molecule has 0 aromatic heterocycles. The molecule has 1 heterocycles. The molecule has 1 fully saturated rings. The van der Waals surface area contributed by atoms with Gasteiger partial charge in [-0.2, -0.15) is 0 Å². The number of ether oxygens (including phenoxy) is 1.